The minimum atomic E-state index is -4.51. The first-order chi connectivity index (χ1) is 14.0. The van der Waals surface area contributed by atoms with Crippen molar-refractivity contribution in [1.82, 2.24) is 5.32 Å². The summed E-state index contributed by atoms with van der Waals surface area (Å²) >= 11 is 0. The summed E-state index contributed by atoms with van der Waals surface area (Å²) in [4.78, 5) is 9.39. The minimum absolute atomic E-state index is 0.0547. The molecule has 1 heterocycles. The Labute approximate surface area is 170 Å². The van der Waals surface area contributed by atoms with Crippen LogP contribution in [0.5, 0.6) is 0 Å². The largest absolute Gasteiger partial charge is 0.393 e. The van der Waals surface area contributed by atoms with Gasteiger partial charge in [-0.3, -0.25) is 9.98 Å². The molecule has 0 spiro atoms. The quantitative estimate of drug-likeness (QED) is 0.512. The van der Waals surface area contributed by atoms with Crippen LogP contribution in [0.25, 0.3) is 0 Å². The van der Waals surface area contributed by atoms with Gasteiger partial charge in [-0.1, -0.05) is 0 Å². The van der Waals surface area contributed by atoms with E-state index in [1.54, 1.807) is 6.92 Å². The van der Waals surface area contributed by atoms with Crippen molar-refractivity contribution in [2.75, 3.05) is 24.5 Å². The van der Waals surface area contributed by atoms with E-state index in [9.17, 15) is 31.6 Å². The van der Waals surface area contributed by atoms with Crippen molar-refractivity contribution in [2.24, 2.45) is 15.9 Å². The molecule has 164 valence electrons. The summed E-state index contributed by atoms with van der Waals surface area (Å²) in [5.41, 5.74) is 0.817. The molecule has 30 heavy (non-hydrogen) atoms. The summed E-state index contributed by atoms with van der Waals surface area (Å²) in [7, 11) is 0. The topological polar surface area (TPSA) is 63.8 Å². The Bertz CT molecular complexity index is 824. The van der Waals surface area contributed by atoms with Crippen molar-refractivity contribution in [3.63, 3.8) is 0 Å². The number of nitrogens with one attached hydrogen (secondary N) is 1. The maximum atomic E-state index is 13.5. The highest BCUT2D eigenvalue weighted by molar-refractivity contribution is 5.86. The number of rotatable bonds is 6. The smallest absolute Gasteiger partial charge is 0.368 e. The van der Waals surface area contributed by atoms with Gasteiger partial charge in [0, 0.05) is 31.9 Å². The van der Waals surface area contributed by atoms with Gasteiger partial charge < -0.3 is 10.2 Å². The standard InChI is InChI=1S/C19H21F6N5/c1-3-28-17-15(5-4-12(9-26)16(17)27-2)30-10-13(19(23,24)25)8-14(11-30)29-7-6-18(20,21)22/h3-5,13-14,29H,2,6-8,10-11H2,1H3. The SMILES string of the molecule is C=Nc1c(C#N)ccc(N2CC(NCCC(F)(F)F)CC(C(F)(F)F)C2)c1N=CC. The molecular weight excluding hydrogens is 412 g/mol. The molecule has 1 aromatic rings. The van der Waals surface area contributed by atoms with E-state index < -0.39 is 37.3 Å². The van der Waals surface area contributed by atoms with Gasteiger partial charge in [0.2, 0.25) is 0 Å². The van der Waals surface area contributed by atoms with Crippen LogP contribution in [0.1, 0.15) is 25.3 Å². The zero-order valence-electron chi connectivity index (χ0n) is 16.2. The number of piperidine rings is 1. The third kappa shape index (κ3) is 5.95. The molecule has 1 fully saturated rings. The molecule has 2 unspecified atom stereocenters. The number of hydrogen-bond acceptors (Lipinski definition) is 5. The molecule has 0 radical (unpaired) electrons. The Hall–Kier alpha value is -2.61. The van der Waals surface area contributed by atoms with Gasteiger partial charge in [-0.05, 0) is 32.2 Å². The number of nitrogens with zero attached hydrogens (tertiary/aromatic N) is 4. The van der Waals surface area contributed by atoms with Gasteiger partial charge in [-0.25, -0.2) is 0 Å². The first-order valence-electron chi connectivity index (χ1n) is 9.14. The van der Waals surface area contributed by atoms with E-state index in [2.05, 4.69) is 22.0 Å². The predicted molar refractivity (Wildman–Crippen MR) is 103 cm³/mol. The fraction of sp³-hybridized carbons (Fsp3) is 0.526. The van der Waals surface area contributed by atoms with Crippen LogP contribution < -0.4 is 10.2 Å². The van der Waals surface area contributed by atoms with Crippen molar-refractivity contribution in [2.45, 2.75) is 38.2 Å². The molecule has 1 saturated heterocycles. The van der Waals surface area contributed by atoms with E-state index >= 15 is 0 Å². The second kappa shape index (κ2) is 9.47. The average Bonchev–Trinajstić information content (AvgIpc) is 2.65. The zero-order valence-corrected chi connectivity index (χ0v) is 16.2. The molecule has 1 aliphatic heterocycles. The number of anilines is 1. The van der Waals surface area contributed by atoms with Crippen LogP contribution in [0.4, 0.5) is 43.4 Å². The summed E-state index contributed by atoms with van der Waals surface area (Å²) in [6, 6.07) is 4.02. The Morgan fingerprint density at radius 2 is 1.93 bits per heavy atom. The Kier molecular flexibility index (Phi) is 7.47. The van der Waals surface area contributed by atoms with Crippen LogP contribution in [-0.2, 0) is 0 Å². The molecule has 1 N–H and O–H groups in total. The lowest BCUT2D eigenvalue weighted by molar-refractivity contribution is -0.178. The molecule has 0 aromatic heterocycles. The first-order valence-corrected chi connectivity index (χ1v) is 9.14. The molecule has 5 nitrogen and oxygen atoms in total. The van der Waals surface area contributed by atoms with Gasteiger partial charge in [-0.15, -0.1) is 0 Å². The third-order valence-corrected chi connectivity index (χ3v) is 4.76. The van der Waals surface area contributed by atoms with Crippen molar-refractivity contribution in [3.8, 4) is 6.07 Å². The van der Waals surface area contributed by atoms with E-state index in [0.717, 1.165) is 0 Å². The van der Waals surface area contributed by atoms with Gasteiger partial charge in [0.15, 0.2) is 0 Å². The fourth-order valence-corrected chi connectivity index (χ4v) is 3.43. The molecule has 0 aliphatic carbocycles. The van der Waals surface area contributed by atoms with Crippen molar-refractivity contribution in [1.29, 1.82) is 5.26 Å². The second-order valence-electron chi connectivity index (χ2n) is 6.88. The Morgan fingerprint density at radius 1 is 1.23 bits per heavy atom. The van der Waals surface area contributed by atoms with E-state index in [0.29, 0.717) is 5.69 Å². The molecular formula is C19H21F6N5. The van der Waals surface area contributed by atoms with Crippen LogP contribution in [0.15, 0.2) is 22.1 Å². The maximum absolute atomic E-state index is 13.5. The monoisotopic (exact) mass is 433 g/mol. The van der Waals surface area contributed by atoms with Crippen molar-refractivity contribution >= 4 is 30.0 Å². The predicted octanol–water partition coefficient (Wildman–Crippen LogP) is 4.91. The first kappa shape index (κ1) is 23.7. The number of benzene rings is 1. The van der Waals surface area contributed by atoms with E-state index in [1.807, 2.05) is 6.07 Å². The summed E-state index contributed by atoms with van der Waals surface area (Å²) in [6.45, 7) is 4.21. The van der Waals surface area contributed by atoms with E-state index in [1.165, 1.54) is 23.2 Å². The van der Waals surface area contributed by atoms with Crippen LogP contribution in [0.3, 0.4) is 0 Å². The van der Waals surface area contributed by atoms with Crippen molar-refractivity contribution in [3.05, 3.63) is 17.7 Å². The number of hydrogen-bond donors (Lipinski definition) is 1. The van der Waals surface area contributed by atoms with Crippen molar-refractivity contribution < 1.29 is 26.3 Å². The Balaban J connectivity index is 2.38. The van der Waals surface area contributed by atoms with Crippen LogP contribution in [0.2, 0.25) is 0 Å². The molecule has 2 atom stereocenters. The molecule has 1 aliphatic rings. The molecule has 0 bridgehead atoms. The number of nitriles is 1. The lowest BCUT2D eigenvalue weighted by atomic mass is 9.92. The minimum Gasteiger partial charge on any atom is -0.368 e. The molecule has 2 rings (SSSR count). The highest BCUT2D eigenvalue weighted by atomic mass is 19.4. The molecule has 0 amide bonds. The Morgan fingerprint density at radius 3 is 2.47 bits per heavy atom. The van der Waals surface area contributed by atoms with Gasteiger partial charge in [0.05, 0.1) is 23.6 Å². The number of halogens is 6. The fourth-order valence-electron chi connectivity index (χ4n) is 3.43. The van der Waals surface area contributed by atoms with Crippen LogP contribution in [0, 0.1) is 17.2 Å². The van der Waals surface area contributed by atoms with Gasteiger partial charge in [0.1, 0.15) is 17.4 Å². The van der Waals surface area contributed by atoms with E-state index in [-0.39, 0.29) is 36.4 Å². The second-order valence-corrected chi connectivity index (χ2v) is 6.88. The summed E-state index contributed by atoms with van der Waals surface area (Å²) in [5, 5.41) is 11.8. The normalized spacial score (nSPS) is 20.4. The summed E-state index contributed by atoms with van der Waals surface area (Å²) in [5.74, 6) is -1.73. The number of aliphatic imine (C=N–C) groups is 2. The zero-order chi connectivity index (χ0) is 22.5. The number of alkyl halides is 6. The van der Waals surface area contributed by atoms with Gasteiger partial charge in [-0.2, -0.15) is 31.6 Å². The highest BCUT2D eigenvalue weighted by Gasteiger charge is 2.45. The van der Waals surface area contributed by atoms with Gasteiger partial charge >= 0.3 is 12.4 Å². The summed E-state index contributed by atoms with van der Waals surface area (Å²) in [6.07, 6.45) is -8.95. The van der Waals surface area contributed by atoms with Crippen LogP contribution in [-0.4, -0.2) is 51.0 Å². The van der Waals surface area contributed by atoms with Crippen LogP contribution >= 0.6 is 0 Å². The highest BCUT2D eigenvalue weighted by Crippen LogP contribution is 2.43. The lowest BCUT2D eigenvalue weighted by Crippen LogP contribution is -2.53. The van der Waals surface area contributed by atoms with Gasteiger partial charge in [0.25, 0.3) is 0 Å². The van der Waals surface area contributed by atoms with E-state index in [4.69, 9.17) is 0 Å². The third-order valence-electron chi connectivity index (χ3n) is 4.76. The molecule has 1 aromatic carbocycles. The average molecular weight is 433 g/mol. The summed E-state index contributed by atoms with van der Waals surface area (Å²) < 4.78 is 77.7. The lowest BCUT2D eigenvalue weighted by Gasteiger charge is -2.40. The molecule has 0 saturated carbocycles. The molecule has 11 heteroatoms. The maximum Gasteiger partial charge on any atom is 0.393 e.